The van der Waals surface area contributed by atoms with Gasteiger partial charge in [0.15, 0.2) is 0 Å². The van der Waals surface area contributed by atoms with Crippen LogP contribution in [0.1, 0.15) is 18.1 Å². The molecule has 0 aromatic heterocycles. The van der Waals surface area contributed by atoms with Crippen molar-refractivity contribution in [3.8, 4) is 5.75 Å². The van der Waals surface area contributed by atoms with Crippen molar-refractivity contribution in [1.82, 2.24) is 5.32 Å². The van der Waals surface area contributed by atoms with Crippen molar-refractivity contribution in [2.24, 2.45) is 0 Å². The minimum Gasteiger partial charge on any atom is -0.496 e. The topological polar surface area (TPSA) is 81.7 Å². The molecule has 1 aliphatic heterocycles. The van der Waals surface area contributed by atoms with Gasteiger partial charge >= 0.3 is 5.97 Å². The molecule has 22 heavy (non-hydrogen) atoms. The van der Waals surface area contributed by atoms with Crippen LogP contribution in [-0.2, 0) is 20.7 Å². The van der Waals surface area contributed by atoms with Gasteiger partial charge in [-0.25, -0.2) is 0 Å². The van der Waals surface area contributed by atoms with Gasteiger partial charge in [0.25, 0.3) is 11.1 Å². The molecular weight excluding hydrogens is 306 g/mol. The van der Waals surface area contributed by atoms with Gasteiger partial charge in [-0.2, -0.15) is 0 Å². The smallest absolute Gasteiger partial charge is 0.310 e. The van der Waals surface area contributed by atoms with Crippen LogP contribution in [0.3, 0.4) is 0 Å². The van der Waals surface area contributed by atoms with Gasteiger partial charge in [0, 0.05) is 5.56 Å². The maximum Gasteiger partial charge on any atom is 0.310 e. The molecule has 0 aliphatic carbocycles. The zero-order valence-corrected chi connectivity index (χ0v) is 13.0. The Labute approximate surface area is 131 Å². The van der Waals surface area contributed by atoms with Gasteiger partial charge in [0.05, 0.1) is 25.0 Å². The Bertz CT molecular complexity index is 653. The first-order chi connectivity index (χ1) is 10.5. The van der Waals surface area contributed by atoms with Crippen LogP contribution in [0.15, 0.2) is 23.1 Å². The molecule has 0 spiro atoms. The molecule has 2 amide bonds. The molecule has 0 unspecified atom stereocenters. The standard InChI is InChI=1S/C15H15NO5S/c1-3-21-13(17)8-10-6-9(4-5-11(10)20-2)7-12-14(18)16-15(19)22-12/h4-7H,3,8H2,1-2H3,(H,16,18,19). The summed E-state index contributed by atoms with van der Waals surface area (Å²) >= 11 is 0.845. The number of hydrogen-bond donors (Lipinski definition) is 1. The quantitative estimate of drug-likeness (QED) is 0.661. The molecule has 2 rings (SSSR count). The molecule has 116 valence electrons. The number of imide groups is 1. The molecule has 1 saturated heterocycles. The Morgan fingerprint density at radius 3 is 2.73 bits per heavy atom. The summed E-state index contributed by atoms with van der Waals surface area (Å²) < 4.78 is 10.1. The predicted octanol–water partition coefficient (Wildman–Crippen LogP) is 2.12. The molecule has 1 N–H and O–H groups in total. The number of carbonyl (C=O) groups is 3. The van der Waals surface area contributed by atoms with E-state index in [4.69, 9.17) is 9.47 Å². The van der Waals surface area contributed by atoms with Crippen molar-refractivity contribution < 1.29 is 23.9 Å². The van der Waals surface area contributed by atoms with E-state index in [-0.39, 0.29) is 12.4 Å². The van der Waals surface area contributed by atoms with E-state index in [9.17, 15) is 14.4 Å². The first kappa shape index (κ1) is 16.1. The average molecular weight is 321 g/mol. The first-order valence-corrected chi connectivity index (χ1v) is 7.42. The molecule has 7 heteroatoms. The maximum atomic E-state index is 11.6. The molecule has 0 bridgehead atoms. The molecule has 1 heterocycles. The van der Waals surface area contributed by atoms with Crippen molar-refractivity contribution in [2.45, 2.75) is 13.3 Å². The lowest BCUT2D eigenvalue weighted by Gasteiger charge is -2.09. The Morgan fingerprint density at radius 2 is 2.14 bits per heavy atom. The van der Waals surface area contributed by atoms with E-state index in [2.05, 4.69) is 5.32 Å². The molecule has 1 aromatic rings. The number of thioether (sulfide) groups is 1. The zero-order valence-electron chi connectivity index (χ0n) is 12.2. The summed E-state index contributed by atoms with van der Waals surface area (Å²) in [6, 6.07) is 5.19. The summed E-state index contributed by atoms with van der Waals surface area (Å²) in [7, 11) is 1.51. The predicted molar refractivity (Wildman–Crippen MR) is 82.4 cm³/mol. The zero-order chi connectivity index (χ0) is 16.1. The average Bonchev–Trinajstić information content (AvgIpc) is 2.77. The highest BCUT2D eigenvalue weighted by Crippen LogP contribution is 2.27. The number of nitrogens with one attached hydrogen (secondary N) is 1. The summed E-state index contributed by atoms with van der Waals surface area (Å²) in [6.45, 7) is 2.05. The largest absolute Gasteiger partial charge is 0.496 e. The van der Waals surface area contributed by atoms with E-state index in [1.165, 1.54) is 7.11 Å². The molecular formula is C15H15NO5S. The molecule has 1 aliphatic rings. The van der Waals surface area contributed by atoms with Crippen LogP contribution in [0.5, 0.6) is 5.75 Å². The second kappa shape index (κ2) is 7.13. The van der Waals surface area contributed by atoms with Crippen LogP contribution in [-0.4, -0.2) is 30.8 Å². The highest BCUT2D eigenvalue weighted by molar-refractivity contribution is 8.18. The van der Waals surface area contributed by atoms with Crippen LogP contribution < -0.4 is 10.1 Å². The number of amides is 2. The lowest BCUT2D eigenvalue weighted by atomic mass is 10.1. The van der Waals surface area contributed by atoms with Crippen molar-refractivity contribution in [2.75, 3.05) is 13.7 Å². The number of carbonyl (C=O) groups excluding carboxylic acids is 3. The summed E-state index contributed by atoms with van der Waals surface area (Å²) in [5.41, 5.74) is 1.36. The normalized spacial score (nSPS) is 15.8. The summed E-state index contributed by atoms with van der Waals surface area (Å²) in [5.74, 6) is -0.207. The molecule has 1 fully saturated rings. The van der Waals surface area contributed by atoms with Crippen molar-refractivity contribution in [1.29, 1.82) is 0 Å². The van der Waals surface area contributed by atoms with E-state index < -0.39 is 11.1 Å². The molecule has 6 nitrogen and oxygen atoms in total. The highest BCUT2D eigenvalue weighted by atomic mass is 32.2. The Hall–Kier alpha value is -2.28. The van der Waals surface area contributed by atoms with Gasteiger partial charge < -0.3 is 9.47 Å². The van der Waals surface area contributed by atoms with Crippen molar-refractivity contribution in [3.63, 3.8) is 0 Å². The third kappa shape index (κ3) is 3.88. The van der Waals surface area contributed by atoms with E-state index in [1.807, 2.05) is 0 Å². The molecule has 0 radical (unpaired) electrons. The first-order valence-electron chi connectivity index (χ1n) is 6.61. The van der Waals surface area contributed by atoms with E-state index in [0.29, 0.717) is 28.4 Å². The number of benzene rings is 1. The van der Waals surface area contributed by atoms with Crippen molar-refractivity contribution >= 4 is 35.0 Å². The van der Waals surface area contributed by atoms with Crippen LogP contribution >= 0.6 is 11.8 Å². The molecule has 0 saturated carbocycles. The number of methoxy groups -OCH3 is 1. The minimum atomic E-state index is -0.419. The number of hydrogen-bond acceptors (Lipinski definition) is 6. The van der Waals surface area contributed by atoms with Gasteiger partial charge in [-0.15, -0.1) is 0 Å². The Kier molecular flexibility index (Phi) is 5.21. The third-order valence-corrected chi connectivity index (χ3v) is 3.69. The summed E-state index contributed by atoms with van der Waals surface area (Å²) in [4.78, 5) is 34.6. The van der Waals surface area contributed by atoms with Gasteiger partial charge in [-0.05, 0) is 42.5 Å². The fraction of sp³-hybridized carbons (Fsp3) is 0.267. The van der Waals surface area contributed by atoms with Gasteiger partial charge in [0.1, 0.15) is 5.75 Å². The third-order valence-electron chi connectivity index (χ3n) is 2.88. The highest BCUT2D eigenvalue weighted by Gasteiger charge is 2.25. The van der Waals surface area contributed by atoms with Crippen molar-refractivity contribution in [3.05, 3.63) is 34.2 Å². The Morgan fingerprint density at radius 1 is 1.36 bits per heavy atom. The van der Waals surface area contributed by atoms with Crippen LogP contribution in [0.25, 0.3) is 6.08 Å². The lowest BCUT2D eigenvalue weighted by Crippen LogP contribution is -2.17. The second-order valence-corrected chi connectivity index (χ2v) is 5.42. The number of esters is 1. The minimum absolute atomic E-state index is 0.0757. The fourth-order valence-corrected chi connectivity index (χ4v) is 2.65. The number of rotatable bonds is 5. The van der Waals surface area contributed by atoms with Crippen LogP contribution in [0.2, 0.25) is 0 Å². The fourth-order valence-electron chi connectivity index (χ4n) is 1.97. The van der Waals surface area contributed by atoms with E-state index in [1.54, 1.807) is 31.2 Å². The monoisotopic (exact) mass is 321 g/mol. The van der Waals surface area contributed by atoms with Crippen LogP contribution in [0.4, 0.5) is 4.79 Å². The van der Waals surface area contributed by atoms with E-state index >= 15 is 0 Å². The second-order valence-electron chi connectivity index (χ2n) is 4.41. The Balaban J connectivity index is 2.27. The molecule has 0 atom stereocenters. The van der Waals surface area contributed by atoms with Gasteiger partial charge in [0.2, 0.25) is 0 Å². The number of ether oxygens (including phenoxy) is 2. The lowest BCUT2D eigenvalue weighted by molar-refractivity contribution is -0.142. The van der Waals surface area contributed by atoms with E-state index in [0.717, 1.165) is 11.8 Å². The summed E-state index contributed by atoms with van der Waals surface area (Å²) in [6.07, 6.45) is 1.67. The SMILES string of the molecule is CCOC(=O)Cc1cc(C=C2SC(=O)NC2=O)ccc1OC. The van der Waals surface area contributed by atoms with Gasteiger partial charge in [-0.3, -0.25) is 19.7 Å². The maximum absolute atomic E-state index is 11.6. The van der Waals surface area contributed by atoms with Gasteiger partial charge in [-0.1, -0.05) is 6.07 Å². The summed E-state index contributed by atoms with van der Waals surface area (Å²) in [5, 5.41) is 1.80. The molecule has 1 aromatic carbocycles. The van der Waals surface area contributed by atoms with Crippen LogP contribution in [0, 0.1) is 0 Å².